The van der Waals surface area contributed by atoms with Gasteiger partial charge in [-0.3, -0.25) is 4.99 Å². The fourth-order valence-corrected chi connectivity index (χ4v) is 3.16. The summed E-state index contributed by atoms with van der Waals surface area (Å²) in [6.45, 7) is 2.11. The van der Waals surface area contributed by atoms with Crippen molar-refractivity contribution in [3.8, 4) is 5.75 Å². The van der Waals surface area contributed by atoms with Crippen LogP contribution < -0.4 is 15.4 Å². The minimum absolute atomic E-state index is 0.205. The molecule has 0 aliphatic carbocycles. The van der Waals surface area contributed by atoms with Gasteiger partial charge in [0, 0.05) is 32.1 Å². The summed E-state index contributed by atoms with van der Waals surface area (Å²) in [5.41, 5.74) is 1.44. The SMILES string of the molecule is CN=C(NCc1ccc(C)cc1OCC(F)(F)F)NCc1nnc2n1CCCC2. The van der Waals surface area contributed by atoms with E-state index in [1.54, 1.807) is 26.1 Å². The van der Waals surface area contributed by atoms with Gasteiger partial charge in [0.05, 0.1) is 6.54 Å². The van der Waals surface area contributed by atoms with E-state index in [4.69, 9.17) is 4.74 Å². The Morgan fingerprint density at radius 2 is 2.00 bits per heavy atom. The maximum atomic E-state index is 12.5. The predicted octanol–water partition coefficient (Wildman–Crippen LogP) is 2.73. The molecule has 0 fully saturated rings. The molecule has 29 heavy (non-hydrogen) atoms. The van der Waals surface area contributed by atoms with Crippen LogP contribution in [0.4, 0.5) is 13.2 Å². The van der Waals surface area contributed by atoms with Crippen LogP contribution in [0.15, 0.2) is 23.2 Å². The molecule has 10 heteroatoms. The molecule has 0 bridgehead atoms. The average molecular weight is 410 g/mol. The van der Waals surface area contributed by atoms with Crippen LogP contribution in [0, 0.1) is 6.92 Å². The summed E-state index contributed by atoms with van der Waals surface area (Å²) in [6, 6.07) is 5.17. The van der Waals surface area contributed by atoms with Crippen LogP contribution in [0.1, 0.15) is 35.6 Å². The van der Waals surface area contributed by atoms with Gasteiger partial charge in [0.25, 0.3) is 0 Å². The topological polar surface area (TPSA) is 76.4 Å². The largest absolute Gasteiger partial charge is 0.484 e. The molecule has 1 aromatic carbocycles. The highest BCUT2D eigenvalue weighted by Crippen LogP contribution is 2.23. The lowest BCUT2D eigenvalue weighted by Gasteiger charge is -2.17. The summed E-state index contributed by atoms with van der Waals surface area (Å²) >= 11 is 0. The Labute approximate surface area is 167 Å². The Morgan fingerprint density at radius 1 is 1.21 bits per heavy atom. The van der Waals surface area contributed by atoms with E-state index in [1.165, 1.54) is 0 Å². The third-order valence-electron chi connectivity index (χ3n) is 4.63. The summed E-state index contributed by atoms with van der Waals surface area (Å²) in [4.78, 5) is 4.16. The normalized spacial score (nSPS) is 14.4. The van der Waals surface area contributed by atoms with Gasteiger partial charge in [-0.1, -0.05) is 12.1 Å². The summed E-state index contributed by atoms with van der Waals surface area (Å²) in [5.74, 6) is 2.56. The van der Waals surface area contributed by atoms with Crippen molar-refractivity contribution in [2.45, 2.75) is 52.0 Å². The van der Waals surface area contributed by atoms with Crippen molar-refractivity contribution in [1.29, 1.82) is 0 Å². The number of benzene rings is 1. The van der Waals surface area contributed by atoms with Crippen molar-refractivity contribution in [2.75, 3.05) is 13.7 Å². The smallest absolute Gasteiger partial charge is 0.422 e. The Morgan fingerprint density at radius 3 is 2.76 bits per heavy atom. The number of hydrogen-bond acceptors (Lipinski definition) is 4. The first-order chi connectivity index (χ1) is 13.9. The summed E-state index contributed by atoms with van der Waals surface area (Å²) in [7, 11) is 1.63. The quantitative estimate of drug-likeness (QED) is 0.566. The molecule has 1 aliphatic rings. The standard InChI is InChI=1S/C19H25F3N6O/c1-13-6-7-14(15(9-13)29-12-19(20,21)22)10-24-18(23-2)25-11-17-27-26-16-5-3-4-8-28(16)17/h6-7,9H,3-5,8,10-12H2,1-2H3,(H2,23,24,25). The minimum atomic E-state index is -4.39. The molecular weight excluding hydrogens is 385 g/mol. The maximum Gasteiger partial charge on any atom is 0.422 e. The zero-order valence-electron chi connectivity index (χ0n) is 16.5. The number of guanidine groups is 1. The van der Waals surface area contributed by atoms with Gasteiger partial charge in [-0.05, 0) is 31.4 Å². The number of alkyl halides is 3. The first-order valence-electron chi connectivity index (χ1n) is 9.50. The first-order valence-corrected chi connectivity index (χ1v) is 9.50. The number of nitrogens with zero attached hydrogens (tertiary/aromatic N) is 4. The van der Waals surface area contributed by atoms with Crippen LogP contribution in [0.25, 0.3) is 0 Å². The van der Waals surface area contributed by atoms with Crippen molar-refractivity contribution in [1.82, 2.24) is 25.4 Å². The first kappa shape index (κ1) is 20.9. The van der Waals surface area contributed by atoms with Gasteiger partial charge in [0.15, 0.2) is 18.4 Å². The number of aryl methyl sites for hydroxylation is 2. The number of aliphatic imine (C=N–C) groups is 1. The number of halogens is 3. The number of nitrogens with one attached hydrogen (secondary N) is 2. The third kappa shape index (κ3) is 5.85. The van der Waals surface area contributed by atoms with E-state index in [1.807, 2.05) is 6.07 Å². The van der Waals surface area contributed by atoms with Gasteiger partial charge in [0.1, 0.15) is 11.6 Å². The Hall–Kier alpha value is -2.78. The van der Waals surface area contributed by atoms with Crippen LogP contribution in [-0.2, 0) is 26.1 Å². The summed E-state index contributed by atoms with van der Waals surface area (Å²) < 4.78 is 44.6. The zero-order chi connectivity index (χ0) is 20.9. The molecule has 3 rings (SSSR count). The fraction of sp³-hybridized carbons (Fsp3) is 0.526. The average Bonchev–Trinajstić information content (AvgIpc) is 3.10. The second-order valence-corrected chi connectivity index (χ2v) is 6.94. The molecule has 7 nitrogen and oxygen atoms in total. The number of aromatic nitrogens is 3. The van der Waals surface area contributed by atoms with Gasteiger partial charge < -0.3 is 19.9 Å². The molecule has 0 radical (unpaired) electrons. The number of hydrogen-bond donors (Lipinski definition) is 2. The lowest BCUT2D eigenvalue weighted by atomic mass is 10.1. The summed E-state index contributed by atoms with van der Waals surface area (Å²) in [6.07, 6.45) is -1.21. The molecule has 2 aromatic rings. The molecule has 1 aliphatic heterocycles. The minimum Gasteiger partial charge on any atom is -0.484 e. The number of rotatable bonds is 6. The van der Waals surface area contributed by atoms with Crippen molar-refractivity contribution < 1.29 is 17.9 Å². The predicted molar refractivity (Wildman–Crippen MR) is 103 cm³/mol. The Bertz CT molecular complexity index is 862. The van der Waals surface area contributed by atoms with Crippen LogP contribution in [0.5, 0.6) is 5.75 Å². The van der Waals surface area contributed by atoms with Crippen LogP contribution in [-0.4, -0.2) is 40.6 Å². The molecule has 0 saturated heterocycles. The molecule has 1 aromatic heterocycles. The Balaban J connectivity index is 1.59. The van der Waals surface area contributed by atoms with Crippen LogP contribution in [0.2, 0.25) is 0 Å². The number of fused-ring (bicyclic) bond motifs is 1. The fourth-order valence-electron chi connectivity index (χ4n) is 3.16. The number of ether oxygens (including phenoxy) is 1. The van der Waals surface area contributed by atoms with E-state index in [9.17, 15) is 13.2 Å². The molecule has 0 unspecified atom stereocenters. The van der Waals surface area contributed by atoms with Crippen molar-refractivity contribution >= 4 is 5.96 Å². The van der Waals surface area contributed by atoms with E-state index in [0.29, 0.717) is 18.1 Å². The van der Waals surface area contributed by atoms with Crippen molar-refractivity contribution in [2.24, 2.45) is 4.99 Å². The molecule has 0 spiro atoms. The van der Waals surface area contributed by atoms with E-state index >= 15 is 0 Å². The lowest BCUT2D eigenvalue weighted by Crippen LogP contribution is -2.37. The van der Waals surface area contributed by atoms with Gasteiger partial charge >= 0.3 is 6.18 Å². The summed E-state index contributed by atoms with van der Waals surface area (Å²) in [5, 5.41) is 14.7. The highest BCUT2D eigenvalue weighted by atomic mass is 19.4. The van der Waals surface area contributed by atoms with Crippen LogP contribution >= 0.6 is 0 Å². The molecular formula is C19H25F3N6O. The van der Waals surface area contributed by atoms with E-state index < -0.39 is 12.8 Å². The zero-order valence-corrected chi connectivity index (χ0v) is 16.5. The molecule has 2 N–H and O–H groups in total. The van der Waals surface area contributed by atoms with E-state index in [0.717, 1.165) is 43.0 Å². The maximum absolute atomic E-state index is 12.5. The third-order valence-corrected chi connectivity index (χ3v) is 4.63. The van der Waals surface area contributed by atoms with Crippen molar-refractivity contribution in [3.05, 3.63) is 41.0 Å². The second-order valence-electron chi connectivity index (χ2n) is 6.94. The van der Waals surface area contributed by atoms with Crippen LogP contribution in [0.3, 0.4) is 0 Å². The highest BCUT2D eigenvalue weighted by molar-refractivity contribution is 5.79. The molecule has 2 heterocycles. The highest BCUT2D eigenvalue weighted by Gasteiger charge is 2.28. The van der Waals surface area contributed by atoms with Gasteiger partial charge in [-0.15, -0.1) is 10.2 Å². The van der Waals surface area contributed by atoms with E-state index in [2.05, 4.69) is 30.4 Å². The Kier molecular flexibility index (Phi) is 6.60. The van der Waals surface area contributed by atoms with Gasteiger partial charge in [-0.25, -0.2) is 0 Å². The molecule has 0 atom stereocenters. The van der Waals surface area contributed by atoms with Gasteiger partial charge in [-0.2, -0.15) is 13.2 Å². The molecule has 0 saturated carbocycles. The molecule has 158 valence electrons. The lowest BCUT2D eigenvalue weighted by molar-refractivity contribution is -0.153. The van der Waals surface area contributed by atoms with Crippen molar-refractivity contribution in [3.63, 3.8) is 0 Å². The van der Waals surface area contributed by atoms with Gasteiger partial charge in [0.2, 0.25) is 0 Å². The van der Waals surface area contributed by atoms with E-state index in [-0.39, 0.29) is 12.3 Å². The monoisotopic (exact) mass is 410 g/mol. The second kappa shape index (κ2) is 9.15. The molecule has 0 amide bonds.